The summed E-state index contributed by atoms with van der Waals surface area (Å²) < 4.78 is 2.24. The number of aryl methyl sites for hydroxylation is 3. The van der Waals surface area contributed by atoms with E-state index in [0.717, 1.165) is 57.9 Å². The Morgan fingerprint density at radius 3 is 2.31 bits per heavy atom. The summed E-state index contributed by atoms with van der Waals surface area (Å²) in [4.78, 5) is 17.4. The van der Waals surface area contributed by atoms with Crippen molar-refractivity contribution in [1.82, 2.24) is 9.55 Å². The Labute approximate surface area is 205 Å². The largest absolute Gasteiger partial charge is 0.323 e. The Morgan fingerprint density at radius 2 is 1.51 bits per heavy atom. The first kappa shape index (κ1) is 22.4. The minimum atomic E-state index is -0.247. The summed E-state index contributed by atoms with van der Waals surface area (Å²) in [6.45, 7) is 4.04. The van der Waals surface area contributed by atoms with Gasteiger partial charge in [-0.2, -0.15) is 0 Å². The zero-order valence-corrected chi connectivity index (χ0v) is 20.0. The average Bonchev–Trinajstić information content (AvgIpc) is 3.25. The molecule has 1 aromatic heterocycles. The molecule has 0 fully saturated rings. The number of hydrogen-bond acceptors (Lipinski definition) is 2. The highest BCUT2D eigenvalue weighted by atomic mass is 16.2. The molecule has 1 heterocycles. The van der Waals surface area contributed by atoms with Crippen LogP contribution in [0.1, 0.15) is 22.5 Å². The van der Waals surface area contributed by atoms with Crippen molar-refractivity contribution < 1.29 is 4.79 Å². The van der Waals surface area contributed by atoms with Crippen molar-refractivity contribution in [2.75, 3.05) is 10.6 Å². The molecule has 2 amide bonds. The van der Waals surface area contributed by atoms with Crippen molar-refractivity contribution in [3.63, 3.8) is 0 Å². The molecule has 0 bridgehead atoms. The van der Waals surface area contributed by atoms with Crippen molar-refractivity contribution in [3.8, 4) is 5.69 Å². The van der Waals surface area contributed by atoms with Gasteiger partial charge in [0.15, 0.2) is 0 Å². The molecule has 5 rings (SSSR count). The standard InChI is InChI=1S/C30H28N4O/c1-21-9-8-13-26(22(21)2)33-30(35)31-24-18-15-23(16-19-24)17-20-29-32-27-12-6-7-14-28(27)34(29)25-10-4-3-5-11-25/h3-16,18-19H,17,20H2,1-2H3,(H2,31,33,35). The van der Waals surface area contributed by atoms with Gasteiger partial charge in [-0.3, -0.25) is 4.57 Å². The van der Waals surface area contributed by atoms with Crippen LogP contribution < -0.4 is 10.6 Å². The Bertz CT molecular complexity index is 1470. The number of anilines is 2. The molecular weight excluding hydrogens is 432 g/mol. The number of benzene rings is 4. The Kier molecular flexibility index (Phi) is 6.31. The van der Waals surface area contributed by atoms with Crippen LogP contribution in [-0.4, -0.2) is 15.6 Å². The van der Waals surface area contributed by atoms with Crippen molar-refractivity contribution in [1.29, 1.82) is 0 Å². The quantitative estimate of drug-likeness (QED) is 0.285. The van der Waals surface area contributed by atoms with Crippen LogP contribution in [0.3, 0.4) is 0 Å². The van der Waals surface area contributed by atoms with E-state index in [4.69, 9.17) is 4.98 Å². The van der Waals surface area contributed by atoms with Crippen molar-refractivity contribution in [3.05, 3.63) is 120 Å². The molecular formula is C30H28N4O. The van der Waals surface area contributed by atoms with E-state index < -0.39 is 0 Å². The first-order chi connectivity index (χ1) is 17.1. The zero-order valence-electron chi connectivity index (χ0n) is 20.0. The predicted octanol–water partition coefficient (Wildman–Crippen LogP) is 7.07. The third kappa shape index (κ3) is 4.94. The molecule has 0 saturated carbocycles. The topological polar surface area (TPSA) is 59.0 Å². The average molecular weight is 461 g/mol. The number of imidazole rings is 1. The fourth-order valence-electron chi connectivity index (χ4n) is 4.29. The van der Waals surface area contributed by atoms with Crippen LogP contribution in [0.5, 0.6) is 0 Å². The minimum Gasteiger partial charge on any atom is -0.308 e. The first-order valence-corrected chi connectivity index (χ1v) is 11.8. The minimum absolute atomic E-state index is 0.247. The second-order valence-electron chi connectivity index (χ2n) is 8.71. The summed E-state index contributed by atoms with van der Waals surface area (Å²) >= 11 is 0. The van der Waals surface area contributed by atoms with Crippen LogP contribution in [-0.2, 0) is 12.8 Å². The van der Waals surface area contributed by atoms with Gasteiger partial charge in [-0.05, 0) is 79.4 Å². The smallest absolute Gasteiger partial charge is 0.308 e. The summed E-state index contributed by atoms with van der Waals surface area (Å²) in [5, 5.41) is 5.85. The lowest BCUT2D eigenvalue weighted by molar-refractivity contribution is 0.262. The van der Waals surface area contributed by atoms with Crippen LogP contribution in [0.2, 0.25) is 0 Å². The number of rotatable bonds is 6. The van der Waals surface area contributed by atoms with Crippen LogP contribution in [0.25, 0.3) is 16.7 Å². The summed E-state index contributed by atoms with van der Waals surface area (Å²) in [5.41, 5.74) is 8.22. The Hall–Kier alpha value is -4.38. The van der Waals surface area contributed by atoms with Gasteiger partial charge < -0.3 is 10.6 Å². The molecule has 0 aliphatic heterocycles. The lowest BCUT2D eigenvalue weighted by Crippen LogP contribution is -2.20. The number of hydrogen-bond donors (Lipinski definition) is 2. The van der Waals surface area contributed by atoms with E-state index in [1.807, 2.05) is 56.3 Å². The highest BCUT2D eigenvalue weighted by Gasteiger charge is 2.12. The Balaban J connectivity index is 1.27. The molecule has 0 aliphatic carbocycles. The number of para-hydroxylation sites is 3. The number of carbonyl (C=O) groups excluding carboxylic acids is 1. The van der Waals surface area contributed by atoms with Gasteiger partial charge in [-0.25, -0.2) is 9.78 Å². The number of carbonyl (C=O) groups is 1. The van der Waals surface area contributed by atoms with E-state index in [0.29, 0.717) is 0 Å². The van der Waals surface area contributed by atoms with Gasteiger partial charge in [0.2, 0.25) is 0 Å². The molecule has 0 radical (unpaired) electrons. The monoisotopic (exact) mass is 460 g/mol. The van der Waals surface area contributed by atoms with E-state index in [9.17, 15) is 4.79 Å². The van der Waals surface area contributed by atoms with Crippen molar-refractivity contribution in [2.24, 2.45) is 0 Å². The van der Waals surface area contributed by atoms with Crippen molar-refractivity contribution >= 4 is 28.4 Å². The molecule has 35 heavy (non-hydrogen) atoms. The molecule has 2 N–H and O–H groups in total. The maximum Gasteiger partial charge on any atom is 0.323 e. The lowest BCUT2D eigenvalue weighted by Gasteiger charge is -2.12. The molecule has 0 spiro atoms. The molecule has 5 heteroatoms. The SMILES string of the molecule is Cc1cccc(NC(=O)Nc2ccc(CCc3nc4ccccc4n3-c3ccccc3)cc2)c1C. The highest BCUT2D eigenvalue weighted by Crippen LogP contribution is 2.23. The molecule has 0 saturated heterocycles. The van der Waals surface area contributed by atoms with Gasteiger partial charge in [-0.1, -0.05) is 54.6 Å². The number of aromatic nitrogens is 2. The second-order valence-corrected chi connectivity index (χ2v) is 8.71. The highest BCUT2D eigenvalue weighted by molar-refractivity contribution is 6.00. The zero-order chi connectivity index (χ0) is 24.2. The van der Waals surface area contributed by atoms with E-state index in [2.05, 4.69) is 69.8 Å². The number of fused-ring (bicyclic) bond motifs is 1. The van der Waals surface area contributed by atoms with Crippen LogP contribution in [0.15, 0.2) is 97.1 Å². The number of nitrogens with one attached hydrogen (secondary N) is 2. The van der Waals surface area contributed by atoms with Gasteiger partial charge in [0, 0.05) is 23.5 Å². The van der Waals surface area contributed by atoms with E-state index in [-0.39, 0.29) is 6.03 Å². The maximum atomic E-state index is 12.5. The van der Waals surface area contributed by atoms with Gasteiger partial charge in [0.25, 0.3) is 0 Å². The van der Waals surface area contributed by atoms with E-state index in [1.54, 1.807) is 0 Å². The number of amides is 2. The van der Waals surface area contributed by atoms with Gasteiger partial charge >= 0.3 is 6.03 Å². The van der Waals surface area contributed by atoms with E-state index in [1.165, 1.54) is 5.56 Å². The Morgan fingerprint density at radius 1 is 0.771 bits per heavy atom. The van der Waals surface area contributed by atoms with Crippen LogP contribution in [0.4, 0.5) is 16.2 Å². The fourth-order valence-corrected chi connectivity index (χ4v) is 4.29. The third-order valence-corrected chi connectivity index (χ3v) is 6.35. The summed E-state index contributed by atoms with van der Waals surface area (Å²) in [7, 11) is 0. The third-order valence-electron chi connectivity index (χ3n) is 6.35. The maximum absolute atomic E-state index is 12.5. The van der Waals surface area contributed by atoms with Gasteiger partial charge in [-0.15, -0.1) is 0 Å². The second kappa shape index (κ2) is 9.85. The normalized spacial score (nSPS) is 10.9. The van der Waals surface area contributed by atoms with Crippen LogP contribution >= 0.6 is 0 Å². The van der Waals surface area contributed by atoms with Gasteiger partial charge in [0.05, 0.1) is 11.0 Å². The first-order valence-electron chi connectivity index (χ1n) is 11.8. The summed E-state index contributed by atoms with van der Waals surface area (Å²) in [6.07, 6.45) is 1.66. The molecule has 5 aromatic rings. The molecule has 0 unspecified atom stereocenters. The van der Waals surface area contributed by atoms with Crippen LogP contribution in [0, 0.1) is 13.8 Å². The lowest BCUT2D eigenvalue weighted by atomic mass is 10.1. The molecule has 174 valence electrons. The molecule has 5 nitrogen and oxygen atoms in total. The molecule has 0 atom stereocenters. The fraction of sp³-hybridized carbons (Fsp3) is 0.133. The molecule has 0 aliphatic rings. The number of nitrogens with zero attached hydrogens (tertiary/aromatic N) is 2. The molecule has 4 aromatic carbocycles. The summed E-state index contributed by atoms with van der Waals surface area (Å²) in [5.74, 6) is 1.03. The predicted molar refractivity (Wildman–Crippen MR) is 143 cm³/mol. The van der Waals surface area contributed by atoms with E-state index >= 15 is 0 Å². The number of urea groups is 1. The van der Waals surface area contributed by atoms with Gasteiger partial charge in [0.1, 0.15) is 5.82 Å². The van der Waals surface area contributed by atoms with Crippen molar-refractivity contribution in [2.45, 2.75) is 26.7 Å². The summed E-state index contributed by atoms with van der Waals surface area (Å²) in [6, 6.07) is 32.2.